The van der Waals surface area contributed by atoms with Crippen molar-refractivity contribution in [3.63, 3.8) is 0 Å². The van der Waals surface area contributed by atoms with Gasteiger partial charge in [-0.25, -0.2) is 4.79 Å². The molecule has 1 atom stereocenters. The van der Waals surface area contributed by atoms with Gasteiger partial charge in [-0.1, -0.05) is 13.3 Å². The maximum absolute atomic E-state index is 12.3. The normalized spacial score (nSPS) is 15.9. The van der Waals surface area contributed by atoms with Gasteiger partial charge < -0.3 is 16.2 Å². The average Bonchev–Trinajstić information content (AvgIpc) is 2.15. The Bertz CT molecular complexity index is 332. The lowest BCUT2D eigenvalue weighted by atomic mass is 9.74. The third kappa shape index (κ3) is 3.45. The van der Waals surface area contributed by atoms with Crippen LogP contribution >= 0.6 is 0 Å². The summed E-state index contributed by atoms with van der Waals surface area (Å²) >= 11 is 0. The summed E-state index contributed by atoms with van der Waals surface area (Å²) in [7, 11) is 0. The van der Waals surface area contributed by atoms with Crippen LogP contribution in [0.1, 0.15) is 54.4 Å². The molecule has 0 aliphatic rings. The van der Waals surface area contributed by atoms with Crippen LogP contribution in [0.15, 0.2) is 0 Å². The average molecular weight is 258 g/mol. The molecule has 18 heavy (non-hydrogen) atoms. The van der Waals surface area contributed by atoms with E-state index in [4.69, 9.17) is 5.73 Å². The minimum atomic E-state index is -1.24. The number of hydrogen-bond donors (Lipinski definition) is 3. The van der Waals surface area contributed by atoms with Crippen LogP contribution in [0.25, 0.3) is 0 Å². The lowest BCUT2D eigenvalue weighted by Crippen LogP contribution is -2.61. The van der Waals surface area contributed by atoms with Crippen LogP contribution in [0.2, 0.25) is 0 Å². The second-order valence-electron chi connectivity index (χ2n) is 6.19. The Kier molecular flexibility index (Phi) is 4.94. The number of hydrogen-bond acceptors (Lipinski definition) is 3. The molecule has 0 bridgehead atoms. The van der Waals surface area contributed by atoms with E-state index in [2.05, 4.69) is 5.32 Å². The molecular weight excluding hydrogens is 232 g/mol. The Morgan fingerprint density at radius 2 is 1.61 bits per heavy atom. The number of nitrogens with one attached hydrogen (secondary N) is 1. The summed E-state index contributed by atoms with van der Waals surface area (Å²) < 4.78 is 0. The van der Waals surface area contributed by atoms with Gasteiger partial charge in [-0.3, -0.25) is 4.79 Å². The van der Waals surface area contributed by atoms with Crippen LogP contribution < -0.4 is 11.1 Å². The van der Waals surface area contributed by atoms with Gasteiger partial charge in [0.2, 0.25) is 5.91 Å². The van der Waals surface area contributed by atoms with E-state index < -0.39 is 22.5 Å². The summed E-state index contributed by atoms with van der Waals surface area (Å²) in [6, 6.07) is 0. The van der Waals surface area contributed by atoms with Crippen molar-refractivity contribution in [2.45, 2.75) is 65.5 Å². The minimum Gasteiger partial charge on any atom is -0.480 e. The molecule has 106 valence electrons. The zero-order valence-corrected chi connectivity index (χ0v) is 12.3. The molecule has 0 rings (SSSR count). The second kappa shape index (κ2) is 5.26. The first-order valence-electron chi connectivity index (χ1n) is 6.23. The first kappa shape index (κ1) is 16.9. The Morgan fingerprint density at radius 3 is 1.89 bits per heavy atom. The predicted molar refractivity (Wildman–Crippen MR) is 71.1 cm³/mol. The van der Waals surface area contributed by atoms with Crippen molar-refractivity contribution in [2.75, 3.05) is 0 Å². The van der Waals surface area contributed by atoms with Crippen molar-refractivity contribution in [2.24, 2.45) is 11.1 Å². The highest BCUT2D eigenvalue weighted by Gasteiger charge is 2.44. The van der Waals surface area contributed by atoms with E-state index in [0.29, 0.717) is 12.8 Å². The fraction of sp³-hybridized carbons (Fsp3) is 0.846. The highest BCUT2D eigenvalue weighted by atomic mass is 16.4. The van der Waals surface area contributed by atoms with E-state index in [1.165, 1.54) is 6.92 Å². The Hall–Kier alpha value is -1.10. The van der Waals surface area contributed by atoms with E-state index in [-0.39, 0.29) is 5.91 Å². The molecule has 0 saturated carbocycles. The number of rotatable bonds is 6. The molecule has 0 spiro atoms. The monoisotopic (exact) mass is 258 g/mol. The summed E-state index contributed by atoms with van der Waals surface area (Å²) in [5.41, 5.74) is 3.15. The molecule has 0 saturated heterocycles. The van der Waals surface area contributed by atoms with Gasteiger partial charge >= 0.3 is 5.97 Å². The van der Waals surface area contributed by atoms with Gasteiger partial charge in [0.1, 0.15) is 5.54 Å². The zero-order chi connectivity index (χ0) is 14.8. The predicted octanol–water partition coefficient (Wildman–Crippen LogP) is 1.51. The van der Waals surface area contributed by atoms with Crippen molar-refractivity contribution >= 4 is 11.9 Å². The Balaban J connectivity index is 5.10. The van der Waals surface area contributed by atoms with Crippen LogP contribution in [-0.2, 0) is 9.59 Å². The molecular formula is C13H26N2O3. The highest BCUT2D eigenvalue weighted by molar-refractivity contribution is 5.90. The molecule has 5 nitrogen and oxygen atoms in total. The van der Waals surface area contributed by atoms with E-state index in [1.54, 1.807) is 27.7 Å². The first-order valence-corrected chi connectivity index (χ1v) is 6.23. The van der Waals surface area contributed by atoms with Crippen LogP contribution in [0, 0.1) is 5.41 Å². The molecule has 0 aliphatic carbocycles. The molecule has 1 amide bonds. The molecule has 0 radical (unpaired) electrons. The molecule has 0 aromatic heterocycles. The van der Waals surface area contributed by atoms with Crippen molar-refractivity contribution in [3.8, 4) is 0 Å². The van der Waals surface area contributed by atoms with Gasteiger partial charge in [0.15, 0.2) is 0 Å². The fourth-order valence-corrected chi connectivity index (χ4v) is 1.42. The molecule has 0 aromatic carbocycles. The number of carbonyl (C=O) groups excluding carboxylic acids is 1. The van der Waals surface area contributed by atoms with Crippen molar-refractivity contribution in [1.29, 1.82) is 0 Å². The lowest BCUT2D eigenvalue weighted by molar-refractivity contribution is -0.149. The molecule has 0 fully saturated rings. The Labute approximate surface area is 109 Å². The zero-order valence-electron chi connectivity index (χ0n) is 12.3. The van der Waals surface area contributed by atoms with Crippen molar-refractivity contribution in [1.82, 2.24) is 5.32 Å². The van der Waals surface area contributed by atoms with Gasteiger partial charge in [-0.2, -0.15) is 0 Å². The van der Waals surface area contributed by atoms with E-state index >= 15 is 0 Å². The van der Waals surface area contributed by atoms with Crippen molar-refractivity contribution in [3.05, 3.63) is 0 Å². The van der Waals surface area contributed by atoms with Gasteiger partial charge in [0.25, 0.3) is 0 Å². The van der Waals surface area contributed by atoms with Crippen molar-refractivity contribution < 1.29 is 14.7 Å². The summed E-state index contributed by atoms with van der Waals surface area (Å²) in [6.45, 7) is 10.4. The number of nitrogens with two attached hydrogens (primary N) is 1. The molecule has 0 aliphatic heterocycles. The summed E-state index contributed by atoms with van der Waals surface area (Å²) in [5.74, 6) is -1.36. The van der Waals surface area contributed by atoms with E-state index in [1.807, 2.05) is 6.92 Å². The third-order valence-electron chi connectivity index (χ3n) is 3.79. The summed E-state index contributed by atoms with van der Waals surface area (Å²) in [4.78, 5) is 23.5. The van der Waals surface area contributed by atoms with E-state index in [9.17, 15) is 14.7 Å². The van der Waals surface area contributed by atoms with Crippen LogP contribution in [0.3, 0.4) is 0 Å². The number of carboxylic acids is 1. The second-order valence-corrected chi connectivity index (χ2v) is 6.19. The lowest BCUT2D eigenvalue weighted by Gasteiger charge is -2.39. The molecule has 4 N–H and O–H groups in total. The summed E-state index contributed by atoms with van der Waals surface area (Å²) in [6.07, 6.45) is 1.06. The number of carbonyl (C=O) groups is 2. The molecule has 0 heterocycles. The largest absolute Gasteiger partial charge is 0.480 e. The first-order chi connectivity index (χ1) is 7.88. The van der Waals surface area contributed by atoms with Crippen LogP contribution in [-0.4, -0.2) is 28.1 Å². The number of carboxylic acid groups (broad SMARTS) is 1. The SMILES string of the molecule is CCCC(C)(NC(=O)C(C)(C)C(C)(C)N)C(=O)O. The van der Waals surface area contributed by atoms with Gasteiger partial charge in [-0.15, -0.1) is 0 Å². The quantitative estimate of drug-likeness (QED) is 0.673. The van der Waals surface area contributed by atoms with Gasteiger partial charge in [0, 0.05) is 5.54 Å². The maximum Gasteiger partial charge on any atom is 0.329 e. The van der Waals surface area contributed by atoms with Gasteiger partial charge in [-0.05, 0) is 41.0 Å². The van der Waals surface area contributed by atoms with Crippen LogP contribution in [0.5, 0.6) is 0 Å². The van der Waals surface area contributed by atoms with Crippen LogP contribution in [0.4, 0.5) is 0 Å². The fourth-order valence-electron chi connectivity index (χ4n) is 1.42. The molecule has 0 aromatic rings. The minimum absolute atomic E-state index is 0.339. The topological polar surface area (TPSA) is 92.4 Å². The van der Waals surface area contributed by atoms with Gasteiger partial charge in [0.05, 0.1) is 5.41 Å². The smallest absolute Gasteiger partial charge is 0.329 e. The number of aliphatic carboxylic acids is 1. The number of amides is 1. The highest BCUT2D eigenvalue weighted by Crippen LogP contribution is 2.29. The maximum atomic E-state index is 12.3. The Morgan fingerprint density at radius 1 is 1.17 bits per heavy atom. The standard InChI is InChI=1S/C13H26N2O3/c1-7-8-13(6,10(17)18)15-9(16)11(2,3)12(4,5)14/h7-8,14H2,1-6H3,(H,15,16)(H,17,18). The third-order valence-corrected chi connectivity index (χ3v) is 3.79. The summed E-state index contributed by atoms with van der Waals surface area (Å²) in [5, 5.41) is 11.9. The molecule has 5 heteroatoms. The van der Waals surface area contributed by atoms with E-state index in [0.717, 1.165) is 0 Å². The molecule has 1 unspecified atom stereocenters.